The molecule has 0 bridgehead atoms. The SMILES string of the molecule is COc1ccccc1CC(C(=O)O)C1CCCC1. The van der Waals surface area contributed by atoms with E-state index in [0.29, 0.717) is 12.3 Å². The van der Waals surface area contributed by atoms with Gasteiger partial charge in [0.1, 0.15) is 5.75 Å². The summed E-state index contributed by atoms with van der Waals surface area (Å²) in [6.07, 6.45) is 5.00. The summed E-state index contributed by atoms with van der Waals surface area (Å²) < 4.78 is 5.30. The fourth-order valence-corrected chi connectivity index (χ4v) is 2.92. The number of hydrogen-bond acceptors (Lipinski definition) is 2. The highest BCUT2D eigenvalue weighted by atomic mass is 16.5. The van der Waals surface area contributed by atoms with Crippen LogP contribution in [0.3, 0.4) is 0 Å². The highest BCUT2D eigenvalue weighted by Gasteiger charge is 2.31. The maximum atomic E-state index is 11.4. The van der Waals surface area contributed by atoms with E-state index in [1.165, 1.54) is 12.8 Å². The molecule has 1 N–H and O–H groups in total. The van der Waals surface area contributed by atoms with Crippen molar-refractivity contribution in [3.05, 3.63) is 29.8 Å². The van der Waals surface area contributed by atoms with Crippen molar-refractivity contribution in [1.29, 1.82) is 0 Å². The molecular weight excluding hydrogens is 228 g/mol. The lowest BCUT2D eigenvalue weighted by Crippen LogP contribution is -2.24. The third-order valence-corrected chi connectivity index (χ3v) is 3.92. The molecule has 1 fully saturated rings. The minimum Gasteiger partial charge on any atom is -0.496 e. The van der Waals surface area contributed by atoms with Crippen LogP contribution in [0.1, 0.15) is 31.2 Å². The Morgan fingerprint density at radius 3 is 2.67 bits per heavy atom. The molecule has 1 aliphatic rings. The molecule has 0 aliphatic heterocycles. The zero-order valence-electron chi connectivity index (χ0n) is 10.8. The lowest BCUT2D eigenvalue weighted by Gasteiger charge is -2.20. The number of para-hydroxylation sites is 1. The Bertz CT molecular complexity index is 408. The van der Waals surface area contributed by atoms with Gasteiger partial charge < -0.3 is 9.84 Å². The average molecular weight is 248 g/mol. The van der Waals surface area contributed by atoms with Crippen LogP contribution in [0.2, 0.25) is 0 Å². The fourth-order valence-electron chi connectivity index (χ4n) is 2.92. The van der Waals surface area contributed by atoms with Gasteiger partial charge in [0.25, 0.3) is 0 Å². The van der Waals surface area contributed by atoms with Crippen LogP contribution < -0.4 is 4.74 Å². The molecule has 1 aromatic carbocycles. The predicted octanol–water partition coefficient (Wildman–Crippen LogP) is 3.13. The molecule has 1 aromatic rings. The Morgan fingerprint density at radius 2 is 2.06 bits per heavy atom. The molecule has 0 amide bonds. The second-order valence-corrected chi connectivity index (χ2v) is 5.01. The van der Waals surface area contributed by atoms with Gasteiger partial charge in [0.2, 0.25) is 0 Å². The van der Waals surface area contributed by atoms with Crippen molar-refractivity contribution >= 4 is 5.97 Å². The second-order valence-electron chi connectivity index (χ2n) is 5.01. The standard InChI is InChI=1S/C15H20O3/c1-18-14-9-5-4-8-12(14)10-13(15(16)17)11-6-2-3-7-11/h4-5,8-9,11,13H,2-3,6-7,10H2,1H3,(H,16,17). The molecule has 1 saturated carbocycles. The number of rotatable bonds is 5. The highest BCUT2D eigenvalue weighted by molar-refractivity contribution is 5.71. The van der Waals surface area contributed by atoms with Crippen molar-refractivity contribution in [2.75, 3.05) is 7.11 Å². The molecule has 3 heteroatoms. The molecule has 1 unspecified atom stereocenters. The van der Waals surface area contributed by atoms with Gasteiger partial charge in [-0.15, -0.1) is 0 Å². The summed E-state index contributed by atoms with van der Waals surface area (Å²) in [5.74, 6) is 0.172. The lowest BCUT2D eigenvalue weighted by atomic mass is 9.85. The normalized spacial score (nSPS) is 17.6. The van der Waals surface area contributed by atoms with Crippen molar-refractivity contribution in [2.45, 2.75) is 32.1 Å². The third kappa shape index (κ3) is 2.84. The van der Waals surface area contributed by atoms with Gasteiger partial charge in [-0.05, 0) is 36.8 Å². The van der Waals surface area contributed by atoms with Crippen molar-refractivity contribution in [3.8, 4) is 5.75 Å². The summed E-state index contributed by atoms with van der Waals surface area (Å²) in [4.78, 5) is 11.4. The van der Waals surface area contributed by atoms with Crippen LogP contribution in [-0.2, 0) is 11.2 Å². The summed E-state index contributed by atoms with van der Waals surface area (Å²) in [6, 6.07) is 7.70. The minimum absolute atomic E-state index is 0.274. The number of carbonyl (C=O) groups is 1. The van der Waals surface area contributed by atoms with Crippen LogP contribution in [0.5, 0.6) is 5.75 Å². The van der Waals surface area contributed by atoms with Gasteiger partial charge in [-0.2, -0.15) is 0 Å². The molecular formula is C15H20O3. The molecule has 0 saturated heterocycles. The monoisotopic (exact) mass is 248 g/mol. The number of benzene rings is 1. The zero-order chi connectivity index (χ0) is 13.0. The summed E-state index contributed by atoms with van der Waals surface area (Å²) in [5.41, 5.74) is 0.999. The van der Waals surface area contributed by atoms with Crippen molar-refractivity contribution < 1.29 is 14.6 Å². The van der Waals surface area contributed by atoms with E-state index in [2.05, 4.69) is 0 Å². The summed E-state index contributed by atoms with van der Waals surface area (Å²) >= 11 is 0. The van der Waals surface area contributed by atoms with E-state index in [1.54, 1.807) is 7.11 Å². The number of hydrogen-bond donors (Lipinski definition) is 1. The molecule has 2 rings (SSSR count). The molecule has 1 aliphatic carbocycles. The first-order valence-electron chi connectivity index (χ1n) is 6.57. The van der Waals surface area contributed by atoms with Gasteiger partial charge in [0, 0.05) is 0 Å². The maximum absolute atomic E-state index is 11.4. The van der Waals surface area contributed by atoms with E-state index in [9.17, 15) is 9.90 Å². The van der Waals surface area contributed by atoms with E-state index in [0.717, 1.165) is 24.2 Å². The van der Waals surface area contributed by atoms with E-state index in [1.807, 2.05) is 24.3 Å². The Kier molecular flexibility index (Phi) is 4.24. The van der Waals surface area contributed by atoms with Crippen molar-refractivity contribution in [2.24, 2.45) is 11.8 Å². The number of aliphatic carboxylic acids is 1. The maximum Gasteiger partial charge on any atom is 0.307 e. The Balaban J connectivity index is 2.15. The molecule has 0 radical (unpaired) electrons. The Morgan fingerprint density at radius 1 is 1.39 bits per heavy atom. The molecule has 98 valence electrons. The van der Waals surface area contributed by atoms with Gasteiger partial charge in [-0.3, -0.25) is 4.79 Å². The zero-order valence-corrected chi connectivity index (χ0v) is 10.8. The van der Waals surface area contributed by atoms with Crippen LogP contribution >= 0.6 is 0 Å². The minimum atomic E-state index is -0.673. The molecule has 3 nitrogen and oxygen atoms in total. The molecule has 0 spiro atoms. The third-order valence-electron chi connectivity index (χ3n) is 3.92. The van der Waals surface area contributed by atoms with E-state index in [-0.39, 0.29) is 5.92 Å². The lowest BCUT2D eigenvalue weighted by molar-refractivity contribution is -0.143. The second kappa shape index (κ2) is 5.89. The van der Waals surface area contributed by atoms with Gasteiger partial charge in [-0.25, -0.2) is 0 Å². The fraction of sp³-hybridized carbons (Fsp3) is 0.533. The first-order valence-corrected chi connectivity index (χ1v) is 6.57. The first kappa shape index (κ1) is 12.9. The Labute approximate surface area is 108 Å². The predicted molar refractivity (Wildman–Crippen MR) is 69.8 cm³/mol. The summed E-state index contributed by atoms with van der Waals surface area (Å²) in [7, 11) is 1.63. The van der Waals surface area contributed by atoms with Crippen molar-refractivity contribution in [3.63, 3.8) is 0 Å². The molecule has 0 heterocycles. The number of carboxylic acid groups (broad SMARTS) is 1. The number of ether oxygens (including phenoxy) is 1. The quantitative estimate of drug-likeness (QED) is 0.870. The summed E-state index contributed by atoms with van der Waals surface area (Å²) in [6.45, 7) is 0. The average Bonchev–Trinajstić information content (AvgIpc) is 2.89. The van der Waals surface area contributed by atoms with Crippen LogP contribution in [0.25, 0.3) is 0 Å². The van der Waals surface area contributed by atoms with Crippen LogP contribution in [0.4, 0.5) is 0 Å². The van der Waals surface area contributed by atoms with Crippen LogP contribution in [0, 0.1) is 11.8 Å². The van der Waals surface area contributed by atoms with Gasteiger partial charge in [0.05, 0.1) is 13.0 Å². The highest BCUT2D eigenvalue weighted by Crippen LogP contribution is 2.34. The topological polar surface area (TPSA) is 46.5 Å². The summed E-state index contributed by atoms with van der Waals surface area (Å²) in [5, 5.41) is 9.42. The smallest absolute Gasteiger partial charge is 0.307 e. The van der Waals surface area contributed by atoms with Gasteiger partial charge in [-0.1, -0.05) is 31.0 Å². The molecule has 0 aromatic heterocycles. The van der Waals surface area contributed by atoms with E-state index in [4.69, 9.17) is 4.74 Å². The van der Waals surface area contributed by atoms with Crippen LogP contribution in [0.15, 0.2) is 24.3 Å². The number of methoxy groups -OCH3 is 1. The first-order chi connectivity index (χ1) is 8.72. The van der Waals surface area contributed by atoms with E-state index < -0.39 is 5.97 Å². The van der Waals surface area contributed by atoms with Gasteiger partial charge in [0.15, 0.2) is 0 Å². The Hall–Kier alpha value is -1.51. The largest absolute Gasteiger partial charge is 0.496 e. The molecule has 18 heavy (non-hydrogen) atoms. The molecule has 1 atom stereocenters. The van der Waals surface area contributed by atoms with Crippen molar-refractivity contribution in [1.82, 2.24) is 0 Å². The van der Waals surface area contributed by atoms with E-state index >= 15 is 0 Å². The van der Waals surface area contributed by atoms with Gasteiger partial charge >= 0.3 is 5.97 Å². The number of carboxylic acids is 1. The van der Waals surface area contributed by atoms with Crippen LogP contribution in [-0.4, -0.2) is 18.2 Å².